The van der Waals surface area contributed by atoms with Crippen LogP contribution in [-0.4, -0.2) is 83.0 Å². The summed E-state index contributed by atoms with van der Waals surface area (Å²) in [5, 5.41) is 12.8. The number of hydrogen-bond acceptors (Lipinski definition) is 7. The molecule has 2 atom stereocenters. The number of nitrogens with one attached hydrogen (secondary N) is 2. The molecule has 0 aromatic carbocycles. The highest BCUT2D eigenvalue weighted by Crippen LogP contribution is 2.13. The number of carboxylic acid groups (broad SMARTS) is 1. The number of methoxy groups -OCH3 is 1. The molecule has 2 saturated heterocycles. The molecule has 2 aliphatic heterocycles. The van der Waals surface area contributed by atoms with Crippen LogP contribution in [0.1, 0.15) is 79.1 Å². The van der Waals surface area contributed by atoms with Gasteiger partial charge < -0.3 is 30.3 Å². The third-order valence-corrected chi connectivity index (χ3v) is 5.52. The molecule has 0 spiro atoms. The zero-order valence-corrected chi connectivity index (χ0v) is 24.0. The first kappa shape index (κ1) is 37.5. The number of esters is 1. The first-order valence-electron chi connectivity index (χ1n) is 13.0. The Morgan fingerprint density at radius 3 is 1.36 bits per heavy atom. The second kappa shape index (κ2) is 22.3. The van der Waals surface area contributed by atoms with Gasteiger partial charge in [0.15, 0.2) is 0 Å². The van der Waals surface area contributed by atoms with Gasteiger partial charge in [0, 0.05) is 39.8 Å². The Kier molecular flexibility index (Phi) is 21.4. The number of carbonyl (C=O) groups excluding carboxylic acids is 5. The van der Waals surface area contributed by atoms with Crippen molar-refractivity contribution in [1.82, 2.24) is 20.4 Å². The van der Waals surface area contributed by atoms with E-state index >= 15 is 0 Å². The van der Waals surface area contributed by atoms with E-state index in [1.165, 1.54) is 26.2 Å². The predicted octanol–water partition coefficient (Wildman–Crippen LogP) is 2.34. The lowest BCUT2D eigenvalue weighted by atomic mass is 10.2. The number of ether oxygens (including phenoxy) is 1. The topological polar surface area (TPSA) is 162 Å². The molecule has 2 rings (SSSR count). The highest BCUT2D eigenvalue weighted by atomic mass is 16.5. The third-order valence-electron chi connectivity index (χ3n) is 5.52. The van der Waals surface area contributed by atoms with E-state index in [2.05, 4.69) is 28.5 Å². The van der Waals surface area contributed by atoms with Crippen molar-refractivity contribution in [3.05, 3.63) is 25.3 Å². The molecule has 2 unspecified atom stereocenters. The fourth-order valence-electron chi connectivity index (χ4n) is 3.51. The third kappa shape index (κ3) is 20.0. The lowest BCUT2D eigenvalue weighted by Crippen LogP contribution is -2.48. The minimum Gasteiger partial charge on any atom is -0.481 e. The van der Waals surface area contributed by atoms with Gasteiger partial charge >= 0.3 is 5.97 Å². The van der Waals surface area contributed by atoms with Crippen LogP contribution in [0.25, 0.3) is 0 Å². The number of aliphatic carboxylic acids is 1. The molecule has 2 heterocycles. The molecule has 0 saturated carbocycles. The summed E-state index contributed by atoms with van der Waals surface area (Å²) in [6.07, 6.45) is 9.27. The molecule has 0 bridgehead atoms. The fourth-order valence-corrected chi connectivity index (χ4v) is 3.51. The zero-order chi connectivity index (χ0) is 30.4. The van der Waals surface area contributed by atoms with Gasteiger partial charge in [0.2, 0.25) is 23.6 Å². The lowest BCUT2D eigenvalue weighted by Gasteiger charge is -2.28. The molecule has 12 heteroatoms. The van der Waals surface area contributed by atoms with Gasteiger partial charge in [-0.3, -0.25) is 28.8 Å². The minimum atomic E-state index is -0.833. The Hall–Kier alpha value is -3.70. The number of carboxylic acids is 1. The summed E-state index contributed by atoms with van der Waals surface area (Å²) < 4.78 is 4.11. The average molecular weight is 555 g/mol. The average Bonchev–Trinajstić information content (AvgIpc) is 3.23. The molecule has 0 radical (unpaired) electrons. The maximum atomic E-state index is 11.7. The van der Waals surface area contributed by atoms with Gasteiger partial charge in [-0.25, -0.2) is 0 Å². The van der Waals surface area contributed by atoms with Crippen molar-refractivity contribution in [3.8, 4) is 0 Å². The Morgan fingerprint density at radius 1 is 0.795 bits per heavy atom. The molecule has 2 aliphatic rings. The van der Waals surface area contributed by atoms with Crippen LogP contribution in [0.3, 0.4) is 0 Å². The number of nitrogens with zero attached hydrogens (tertiary/aromatic N) is 2. The van der Waals surface area contributed by atoms with Gasteiger partial charge in [-0.2, -0.15) is 0 Å². The first-order chi connectivity index (χ1) is 18.3. The maximum absolute atomic E-state index is 11.7. The molecule has 0 aromatic heterocycles. The summed E-state index contributed by atoms with van der Waals surface area (Å²) >= 11 is 0. The van der Waals surface area contributed by atoms with Crippen LogP contribution in [0.15, 0.2) is 25.3 Å². The summed E-state index contributed by atoms with van der Waals surface area (Å²) in [4.78, 5) is 67.6. The number of rotatable bonds is 6. The SMILES string of the molecule is C=CC(=O)NC(C)N1CCCCCC1=O.C=CC(=O)NC(C)N1CCCCCC1=O.CC(=O)O.COC(C)=O. The van der Waals surface area contributed by atoms with Gasteiger partial charge in [0.05, 0.1) is 7.11 Å². The summed E-state index contributed by atoms with van der Waals surface area (Å²) in [6.45, 7) is 14.3. The van der Waals surface area contributed by atoms with E-state index in [0.29, 0.717) is 12.8 Å². The van der Waals surface area contributed by atoms with E-state index in [4.69, 9.17) is 9.90 Å². The van der Waals surface area contributed by atoms with Crippen molar-refractivity contribution in [1.29, 1.82) is 0 Å². The fraction of sp³-hybridized carbons (Fsp3) is 0.630. The Morgan fingerprint density at radius 2 is 1.10 bits per heavy atom. The lowest BCUT2D eigenvalue weighted by molar-refractivity contribution is -0.138. The van der Waals surface area contributed by atoms with Gasteiger partial charge in [-0.15, -0.1) is 0 Å². The summed E-state index contributed by atoms with van der Waals surface area (Å²) in [5.74, 6) is -1.29. The monoisotopic (exact) mass is 554 g/mol. The molecule has 12 nitrogen and oxygen atoms in total. The van der Waals surface area contributed by atoms with Crippen molar-refractivity contribution in [3.63, 3.8) is 0 Å². The van der Waals surface area contributed by atoms with Gasteiger partial charge in [0.1, 0.15) is 12.3 Å². The van der Waals surface area contributed by atoms with E-state index in [0.717, 1.165) is 58.5 Å². The maximum Gasteiger partial charge on any atom is 0.302 e. The molecule has 2 fully saturated rings. The van der Waals surface area contributed by atoms with Gasteiger partial charge in [0.25, 0.3) is 5.97 Å². The molecule has 4 amide bonds. The Bertz CT molecular complexity index is 773. The number of amides is 4. The van der Waals surface area contributed by atoms with Crippen molar-refractivity contribution < 1.29 is 38.6 Å². The van der Waals surface area contributed by atoms with Crippen LogP contribution in [0.5, 0.6) is 0 Å². The van der Waals surface area contributed by atoms with Crippen molar-refractivity contribution >= 4 is 35.6 Å². The summed E-state index contributed by atoms with van der Waals surface area (Å²) in [6, 6.07) is 0. The van der Waals surface area contributed by atoms with Crippen LogP contribution < -0.4 is 10.6 Å². The van der Waals surface area contributed by atoms with E-state index < -0.39 is 5.97 Å². The highest BCUT2D eigenvalue weighted by molar-refractivity contribution is 5.88. The van der Waals surface area contributed by atoms with Crippen LogP contribution in [0, 0.1) is 0 Å². The van der Waals surface area contributed by atoms with E-state index in [1.807, 2.05) is 13.8 Å². The van der Waals surface area contributed by atoms with Crippen LogP contribution >= 0.6 is 0 Å². The molecule has 0 aromatic rings. The minimum absolute atomic E-state index is 0.129. The number of carbonyl (C=O) groups is 6. The molecular weight excluding hydrogens is 508 g/mol. The first-order valence-corrected chi connectivity index (χ1v) is 13.0. The molecule has 222 valence electrons. The van der Waals surface area contributed by atoms with Crippen molar-refractivity contribution in [2.24, 2.45) is 0 Å². The largest absolute Gasteiger partial charge is 0.481 e. The van der Waals surface area contributed by atoms with Crippen molar-refractivity contribution in [2.45, 2.75) is 91.4 Å². The summed E-state index contributed by atoms with van der Waals surface area (Å²) in [5.41, 5.74) is 0. The summed E-state index contributed by atoms with van der Waals surface area (Å²) in [7, 11) is 1.35. The second-order valence-corrected chi connectivity index (χ2v) is 8.79. The smallest absolute Gasteiger partial charge is 0.302 e. The highest BCUT2D eigenvalue weighted by Gasteiger charge is 2.23. The normalized spacial score (nSPS) is 16.3. The Balaban J connectivity index is 0. The van der Waals surface area contributed by atoms with Crippen LogP contribution in [0.2, 0.25) is 0 Å². The predicted molar refractivity (Wildman–Crippen MR) is 147 cm³/mol. The molecular formula is C27H46N4O8. The van der Waals surface area contributed by atoms with E-state index in [9.17, 15) is 24.0 Å². The number of likely N-dealkylation sites (tertiary alicyclic amines) is 2. The standard InChI is InChI=1S/2C11H18N2O2.C3H6O2.C2H4O2/c2*1-3-10(14)12-9(2)13-8-6-4-5-7-11(13)15;1-3(4)5-2;1-2(3)4/h2*3,9H,1,4-8H2,2H3,(H,12,14);1-2H3;1H3,(H,3,4). The van der Waals surface area contributed by atoms with E-state index in [1.54, 1.807) is 9.80 Å². The van der Waals surface area contributed by atoms with Gasteiger partial charge in [-0.05, 0) is 51.7 Å². The van der Waals surface area contributed by atoms with E-state index in [-0.39, 0.29) is 41.9 Å². The Labute approximate surface area is 231 Å². The van der Waals surface area contributed by atoms with Crippen LogP contribution in [0.4, 0.5) is 0 Å². The van der Waals surface area contributed by atoms with Crippen molar-refractivity contribution in [2.75, 3.05) is 20.2 Å². The molecule has 39 heavy (non-hydrogen) atoms. The zero-order valence-electron chi connectivity index (χ0n) is 24.0. The molecule has 3 N–H and O–H groups in total. The number of hydrogen-bond donors (Lipinski definition) is 3. The molecule has 0 aliphatic carbocycles. The quantitative estimate of drug-likeness (QED) is 0.333. The second-order valence-electron chi connectivity index (χ2n) is 8.79. The van der Waals surface area contributed by atoms with Gasteiger partial charge in [-0.1, -0.05) is 26.0 Å². The van der Waals surface area contributed by atoms with Crippen LogP contribution in [-0.2, 0) is 33.5 Å².